The number of rotatable bonds is 7. The third-order valence-corrected chi connectivity index (χ3v) is 2.77. The van der Waals surface area contributed by atoms with Gasteiger partial charge in [0.15, 0.2) is 0 Å². The summed E-state index contributed by atoms with van der Waals surface area (Å²) in [5.74, 6) is 0.468. The van der Waals surface area contributed by atoms with Gasteiger partial charge in [0.25, 0.3) is 0 Å². The van der Waals surface area contributed by atoms with Crippen LogP contribution in [-0.4, -0.2) is 31.0 Å². The number of nitrogens with one attached hydrogen (secondary N) is 1. The Kier molecular flexibility index (Phi) is 6.79. The Bertz CT molecular complexity index is 372. The summed E-state index contributed by atoms with van der Waals surface area (Å²) in [5.41, 5.74) is 0.754. The van der Waals surface area contributed by atoms with Crippen LogP contribution < -0.4 is 5.32 Å². The first-order chi connectivity index (χ1) is 8.49. The van der Waals surface area contributed by atoms with Gasteiger partial charge in [0.05, 0.1) is 23.4 Å². The quantitative estimate of drug-likeness (QED) is 0.809. The first-order valence-electron chi connectivity index (χ1n) is 5.93. The summed E-state index contributed by atoms with van der Waals surface area (Å²) in [6.07, 6.45) is -0.560. The summed E-state index contributed by atoms with van der Waals surface area (Å²) in [5, 5.41) is 13.9. The van der Waals surface area contributed by atoms with E-state index in [1.54, 1.807) is 18.2 Å². The summed E-state index contributed by atoms with van der Waals surface area (Å²) >= 11 is 11.8. The van der Waals surface area contributed by atoms with E-state index in [1.165, 1.54) is 0 Å². The molecule has 0 aliphatic carbocycles. The lowest BCUT2D eigenvalue weighted by Crippen LogP contribution is -2.25. The fourth-order valence-electron chi connectivity index (χ4n) is 1.36. The van der Waals surface area contributed by atoms with Gasteiger partial charge in [0.2, 0.25) is 0 Å². The molecule has 0 aliphatic heterocycles. The maximum atomic E-state index is 9.71. The highest BCUT2D eigenvalue weighted by molar-refractivity contribution is 6.36. The Morgan fingerprint density at radius 1 is 1.28 bits per heavy atom. The largest absolute Gasteiger partial charge is 0.389 e. The van der Waals surface area contributed by atoms with Gasteiger partial charge in [-0.25, -0.2) is 0 Å². The van der Waals surface area contributed by atoms with Crippen LogP contribution in [0.4, 0.5) is 5.69 Å². The van der Waals surface area contributed by atoms with Crippen LogP contribution in [0.15, 0.2) is 18.2 Å². The first kappa shape index (κ1) is 15.6. The van der Waals surface area contributed by atoms with Crippen molar-refractivity contribution in [1.29, 1.82) is 0 Å². The average Bonchev–Trinajstić information content (AvgIpc) is 2.27. The van der Waals surface area contributed by atoms with Crippen LogP contribution in [0.1, 0.15) is 13.8 Å². The Morgan fingerprint density at radius 3 is 2.61 bits per heavy atom. The highest BCUT2D eigenvalue weighted by Gasteiger charge is 2.07. The molecule has 5 heteroatoms. The van der Waals surface area contributed by atoms with Crippen molar-refractivity contribution in [3.63, 3.8) is 0 Å². The third-order valence-electron chi connectivity index (χ3n) is 2.22. The van der Waals surface area contributed by atoms with Crippen LogP contribution >= 0.6 is 23.2 Å². The van der Waals surface area contributed by atoms with Gasteiger partial charge in [0.1, 0.15) is 0 Å². The lowest BCUT2D eigenvalue weighted by atomic mass is 10.2. The standard InChI is InChI=1S/C13H19Cl2NO2/c1-9(2)7-18-8-11(17)6-16-13-4-3-10(14)5-12(13)15/h3-5,9,11,16-17H,6-8H2,1-2H3. The molecular weight excluding hydrogens is 273 g/mol. The second-order valence-electron chi connectivity index (χ2n) is 4.59. The van der Waals surface area contributed by atoms with Crippen molar-refractivity contribution in [2.24, 2.45) is 5.92 Å². The van der Waals surface area contributed by atoms with Gasteiger partial charge < -0.3 is 15.2 Å². The molecule has 3 nitrogen and oxygen atoms in total. The van der Waals surface area contributed by atoms with E-state index in [0.717, 1.165) is 5.69 Å². The predicted octanol–water partition coefficient (Wildman–Crippen LogP) is 3.44. The smallest absolute Gasteiger partial charge is 0.0945 e. The van der Waals surface area contributed by atoms with Crippen LogP contribution in [-0.2, 0) is 4.74 Å². The predicted molar refractivity (Wildman–Crippen MR) is 76.6 cm³/mol. The number of ether oxygens (including phenoxy) is 1. The van der Waals surface area contributed by atoms with E-state index in [9.17, 15) is 5.11 Å². The number of aliphatic hydroxyl groups excluding tert-OH is 1. The van der Waals surface area contributed by atoms with E-state index in [2.05, 4.69) is 19.2 Å². The molecule has 0 bridgehead atoms. The highest BCUT2D eigenvalue weighted by Crippen LogP contribution is 2.25. The number of benzene rings is 1. The van der Waals surface area contributed by atoms with E-state index in [0.29, 0.717) is 35.7 Å². The fraction of sp³-hybridized carbons (Fsp3) is 0.538. The van der Waals surface area contributed by atoms with Crippen molar-refractivity contribution in [2.45, 2.75) is 20.0 Å². The van der Waals surface area contributed by atoms with Gasteiger partial charge in [-0.05, 0) is 24.1 Å². The molecule has 2 N–H and O–H groups in total. The Hall–Kier alpha value is -0.480. The Balaban J connectivity index is 2.31. The molecule has 1 rings (SSSR count). The number of halogens is 2. The molecule has 0 fully saturated rings. The zero-order valence-electron chi connectivity index (χ0n) is 10.6. The summed E-state index contributed by atoms with van der Waals surface area (Å²) in [6.45, 7) is 5.49. The van der Waals surface area contributed by atoms with Crippen LogP contribution in [0.3, 0.4) is 0 Å². The molecule has 0 heterocycles. The molecule has 0 saturated carbocycles. The Labute approximate surface area is 118 Å². The molecule has 18 heavy (non-hydrogen) atoms. The fourth-order valence-corrected chi connectivity index (χ4v) is 1.83. The summed E-state index contributed by atoms with van der Waals surface area (Å²) in [7, 11) is 0. The van der Waals surface area contributed by atoms with E-state index in [4.69, 9.17) is 27.9 Å². The highest BCUT2D eigenvalue weighted by atomic mass is 35.5. The molecule has 102 valence electrons. The molecule has 0 aromatic heterocycles. The molecule has 0 radical (unpaired) electrons. The van der Waals surface area contributed by atoms with Crippen LogP contribution in [0, 0.1) is 5.92 Å². The van der Waals surface area contributed by atoms with Gasteiger partial charge in [-0.2, -0.15) is 0 Å². The van der Waals surface area contributed by atoms with Crippen LogP contribution in [0.25, 0.3) is 0 Å². The van der Waals surface area contributed by atoms with E-state index in [1.807, 2.05) is 0 Å². The van der Waals surface area contributed by atoms with Crippen molar-refractivity contribution in [3.05, 3.63) is 28.2 Å². The maximum Gasteiger partial charge on any atom is 0.0945 e. The van der Waals surface area contributed by atoms with Crippen LogP contribution in [0.5, 0.6) is 0 Å². The zero-order valence-corrected chi connectivity index (χ0v) is 12.1. The van der Waals surface area contributed by atoms with Gasteiger partial charge >= 0.3 is 0 Å². The minimum atomic E-state index is -0.560. The van der Waals surface area contributed by atoms with Crippen molar-refractivity contribution >= 4 is 28.9 Å². The summed E-state index contributed by atoms with van der Waals surface area (Å²) < 4.78 is 5.35. The SMILES string of the molecule is CC(C)COCC(O)CNc1ccc(Cl)cc1Cl. The van der Waals surface area contributed by atoms with Crippen LogP contribution in [0.2, 0.25) is 10.0 Å². The van der Waals surface area contributed by atoms with E-state index in [-0.39, 0.29) is 0 Å². The first-order valence-corrected chi connectivity index (χ1v) is 6.69. The average molecular weight is 292 g/mol. The molecule has 0 spiro atoms. The topological polar surface area (TPSA) is 41.5 Å². The lowest BCUT2D eigenvalue weighted by Gasteiger charge is -2.15. The molecule has 1 atom stereocenters. The molecular formula is C13H19Cl2NO2. The van der Waals surface area contributed by atoms with Gasteiger partial charge in [0, 0.05) is 18.2 Å². The molecule has 0 aliphatic rings. The van der Waals surface area contributed by atoms with E-state index >= 15 is 0 Å². The van der Waals surface area contributed by atoms with Gasteiger partial charge in [-0.1, -0.05) is 37.0 Å². The van der Waals surface area contributed by atoms with Crippen molar-refractivity contribution in [1.82, 2.24) is 0 Å². The number of hydrogen-bond acceptors (Lipinski definition) is 3. The summed E-state index contributed by atoms with van der Waals surface area (Å²) in [6, 6.07) is 5.19. The Morgan fingerprint density at radius 2 is 2.00 bits per heavy atom. The molecule has 0 amide bonds. The monoisotopic (exact) mass is 291 g/mol. The van der Waals surface area contributed by atoms with E-state index < -0.39 is 6.10 Å². The number of hydrogen-bond donors (Lipinski definition) is 2. The zero-order chi connectivity index (χ0) is 13.5. The van der Waals surface area contributed by atoms with Crippen molar-refractivity contribution in [3.8, 4) is 0 Å². The van der Waals surface area contributed by atoms with Crippen molar-refractivity contribution in [2.75, 3.05) is 25.1 Å². The number of aliphatic hydroxyl groups is 1. The second-order valence-corrected chi connectivity index (χ2v) is 5.43. The molecule has 0 saturated heterocycles. The minimum Gasteiger partial charge on any atom is -0.389 e. The van der Waals surface area contributed by atoms with Crippen molar-refractivity contribution < 1.29 is 9.84 Å². The van der Waals surface area contributed by atoms with Gasteiger partial charge in [-0.3, -0.25) is 0 Å². The molecule has 1 unspecified atom stereocenters. The summed E-state index contributed by atoms with van der Waals surface area (Å²) in [4.78, 5) is 0. The maximum absolute atomic E-state index is 9.71. The lowest BCUT2D eigenvalue weighted by molar-refractivity contribution is 0.0318. The minimum absolute atomic E-state index is 0.316. The molecule has 1 aromatic carbocycles. The second kappa shape index (κ2) is 7.85. The number of anilines is 1. The third kappa shape index (κ3) is 5.91. The molecule has 1 aromatic rings. The van der Waals surface area contributed by atoms with Gasteiger partial charge in [-0.15, -0.1) is 0 Å². The normalized spacial score (nSPS) is 12.8.